The van der Waals surface area contributed by atoms with E-state index in [9.17, 15) is 9.59 Å². The monoisotopic (exact) mass is 280 g/mol. The lowest BCUT2D eigenvalue weighted by Crippen LogP contribution is -2.69. The first-order valence-corrected chi connectivity index (χ1v) is 6.80. The molecule has 8 nitrogen and oxygen atoms in total. The first-order valence-electron chi connectivity index (χ1n) is 6.80. The summed E-state index contributed by atoms with van der Waals surface area (Å²) >= 11 is 0. The molecule has 1 aromatic heterocycles. The van der Waals surface area contributed by atoms with Crippen LogP contribution in [0.25, 0.3) is 0 Å². The van der Waals surface area contributed by atoms with Crippen LogP contribution in [0.4, 0.5) is 0 Å². The van der Waals surface area contributed by atoms with E-state index in [1.54, 1.807) is 18.9 Å². The highest BCUT2D eigenvalue weighted by Crippen LogP contribution is 2.29. The van der Waals surface area contributed by atoms with Gasteiger partial charge in [0.25, 0.3) is 0 Å². The number of piperazine rings is 1. The molecule has 1 aliphatic rings. The fraction of sp³-hybridized carbons (Fsp3) is 0.750. The maximum atomic E-state index is 12.4. The zero-order valence-corrected chi connectivity index (χ0v) is 12.3. The Morgan fingerprint density at radius 3 is 2.45 bits per heavy atom. The van der Waals surface area contributed by atoms with Gasteiger partial charge in [0.15, 0.2) is 5.82 Å². The number of hydrogen-bond donors (Lipinski definition) is 1. The molecule has 1 aromatic rings. The SMILES string of the molecule is CCC1(CC)C(=O)NC(C)C(=O)N1Cc1nnn(C)n1. The Hall–Kier alpha value is -1.99. The molecular formula is C12H20N6O2. The molecule has 2 heterocycles. The molecule has 0 aromatic carbocycles. The van der Waals surface area contributed by atoms with Crippen LogP contribution in [0.1, 0.15) is 39.4 Å². The van der Waals surface area contributed by atoms with E-state index >= 15 is 0 Å². The van der Waals surface area contributed by atoms with Gasteiger partial charge < -0.3 is 10.2 Å². The number of tetrazole rings is 1. The summed E-state index contributed by atoms with van der Waals surface area (Å²) in [6.45, 7) is 5.70. The smallest absolute Gasteiger partial charge is 0.246 e. The van der Waals surface area contributed by atoms with Crippen LogP contribution in [0, 0.1) is 0 Å². The lowest BCUT2D eigenvalue weighted by atomic mass is 9.86. The number of aryl methyl sites for hydroxylation is 1. The van der Waals surface area contributed by atoms with Crippen LogP contribution in [0.15, 0.2) is 0 Å². The molecule has 2 rings (SSSR count). The summed E-state index contributed by atoms with van der Waals surface area (Å²) in [4.78, 5) is 27.7. The average molecular weight is 280 g/mol. The van der Waals surface area contributed by atoms with E-state index in [1.165, 1.54) is 4.80 Å². The summed E-state index contributed by atoms with van der Waals surface area (Å²) < 4.78 is 0. The standard InChI is InChI=1S/C12H20N6O2/c1-5-12(6-2)11(20)13-8(3)10(19)18(12)7-9-14-16-17(4)15-9/h8H,5-7H2,1-4H3,(H,13,20). The van der Waals surface area contributed by atoms with Crippen LogP contribution in [0.5, 0.6) is 0 Å². The Kier molecular flexibility index (Phi) is 3.74. The highest BCUT2D eigenvalue weighted by Gasteiger charge is 2.49. The number of rotatable bonds is 4. The minimum Gasteiger partial charge on any atom is -0.343 e. The topological polar surface area (TPSA) is 93.0 Å². The second-order valence-electron chi connectivity index (χ2n) is 5.05. The lowest BCUT2D eigenvalue weighted by molar-refractivity contribution is -0.158. The third-order valence-corrected chi connectivity index (χ3v) is 3.94. The normalized spacial score (nSPS) is 22.0. The van der Waals surface area contributed by atoms with E-state index in [0.29, 0.717) is 18.7 Å². The van der Waals surface area contributed by atoms with Gasteiger partial charge in [-0.25, -0.2) is 0 Å². The number of aromatic nitrogens is 4. The van der Waals surface area contributed by atoms with E-state index in [1.807, 2.05) is 13.8 Å². The minimum atomic E-state index is -0.831. The predicted molar refractivity (Wildman–Crippen MR) is 70.3 cm³/mol. The predicted octanol–water partition coefficient (Wildman–Crippen LogP) is -0.384. The van der Waals surface area contributed by atoms with E-state index in [2.05, 4.69) is 20.7 Å². The molecule has 0 radical (unpaired) electrons. The molecule has 0 bridgehead atoms. The zero-order chi connectivity index (χ0) is 14.9. The van der Waals surface area contributed by atoms with E-state index in [-0.39, 0.29) is 18.4 Å². The van der Waals surface area contributed by atoms with Gasteiger partial charge >= 0.3 is 0 Å². The number of hydrogen-bond acceptors (Lipinski definition) is 5. The van der Waals surface area contributed by atoms with Crippen LogP contribution >= 0.6 is 0 Å². The van der Waals surface area contributed by atoms with Crippen molar-refractivity contribution >= 4 is 11.8 Å². The number of nitrogens with one attached hydrogen (secondary N) is 1. The van der Waals surface area contributed by atoms with Crippen molar-refractivity contribution in [2.45, 2.75) is 51.7 Å². The molecule has 2 amide bonds. The van der Waals surface area contributed by atoms with Crippen molar-refractivity contribution in [2.75, 3.05) is 0 Å². The Balaban J connectivity index is 2.36. The van der Waals surface area contributed by atoms with Crippen molar-refractivity contribution in [3.05, 3.63) is 5.82 Å². The molecule has 1 unspecified atom stereocenters. The molecule has 20 heavy (non-hydrogen) atoms. The molecule has 110 valence electrons. The van der Waals surface area contributed by atoms with Crippen molar-refractivity contribution < 1.29 is 9.59 Å². The van der Waals surface area contributed by atoms with Crippen molar-refractivity contribution in [2.24, 2.45) is 7.05 Å². The van der Waals surface area contributed by atoms with Gasteiger partial charge in [-0.05, 0) is 25.0 Å². The second kappa shape index (κ2) is 5.18. The number of carbonyl (C=O) groups excluding carboxylic acids is 2. The van der Waals surface area contributed by atoms with Gasteiger partial charge in [-0.3, -0.25) is 9.59 Å². The summed E-state index contributed by atoms with van der Waals surface area (Å²) in [6, 6.07) is -0.523. The minimum absolute atomic E-state index is 0.110. The Morgan fingerprint density at radius 2 is 1.95 bits per heavy atom. The second-order valence-corrected chi connectivity index (χ2v) is 5.05. The van der Waals surface area contributed by atoms with Gasteiger partial charge in [0.2, 0.25) is 11.8 Å². The molecule has 8 heteroatoms. The lowest BCUT2D eigenvalue weighted by Gasteiger charge is -2.46. The maximum Gasteiger partial charge on any atom is 0.246 e. The summed E-state index contributed by atoms with van der Waals surface area (Å²) in [5.74, 6) is 0.216. The maximum absolute atomic E-state index is 12.4. The fourth-order valence-corrected chi connectivity index (χ4v) is 2.67. The third kappa shape index (κ3) is 2.14. The number of carbonyl (C=O) groups is 2. The van der Waals surface area contributed by atoms with E-state index < -0.39 is 11.6 Å². The van der Waals surface area contributed by atoms with Crippen molar-refractivity contribution in [1.82, 2.24) is 30.4 Å². The molecule has 0 saturated carbocycles. The number of nitrogens with zero attached hydrogens (tertiary/aromatic N) is 5. The Bertz CT molecular complexity index is 522. The molecule has 1 atom stereocenters. The highest BCUT2D eigenvalue weighted by atomic mass is 16.2. The summed E-state index contributed by atoms with van der Waals surface area (Å²) in [5, 5.41) is 14.5. The van der Waals surface area contributed by atoms with Gasteiger partial charge in [-0.15, -0.1) is 10.2 Å². The molecule has 1 aliphatic heterocycles. The summed E-state index contributed by atoms with van der Waals surface area (Å²) in [6.07, 6.45) is 1.10. The molecule has 1 fully saturated rings. The molecular weight excluding hydrogens is 260 g/mol. The highest BCUT2D eigenvalue weighted by molar-refractivity contribution is 5.99. The van der Waals surface area contributed by atoms with Crippen LogP contribution in [-0.4, -0.2) is 48.5 Å². The first kappa shape index (κ1) is 14.4. The average Bonchev–Trinajstić information content (AvgIpc) is 2.82. The number of amides is 2. The summed E-state index contributed by atoms with van der Waals surface area (Å²) in [5.41, 5.74) is -0.831. The quantitative estimate of drug-likeness (QED) is 0.811. The largest absolute Gasteiger partial charge is 0.343 e. The zero-order valence-electron chi connectivity index (χ0n) is 12.3. The Morgan fingerprint density at radius 1 is 1.30 bits per heavy atom. The van der Waals surface area contributed by atoms with Crippen LogP contribution in [0.2, 0.25) is 0 Å². The Labute approximate surface area is 117 Å². The van der Waals surface area contributed by atoms with Gasteiger partial charge in [-0.2, -0.15) is 4.80 Å². The first-order chi connectivity index (χ1) is 9.44. The molecule has 0 spiro atoms. The van der Waals surface area contributed by atoms with Crippen LogP contribution in [0.3, 0.4) is 0 Å². The van der Waals surface area contributed by atoms with E-state index in [4.69, 9.17) is 0 Å². The van der Waals surface area contributed by atoms with Crippen molar-refractivity contribution in [3.63, 3.8) is 0 Å². The van der Waals surface area contributed by atoms with Gasteiger partial charge in [-0.1, -0.05) is 13.8 Å². The van der Waals surface area contributed by atoms with Crippen molar-refractivity contribution in [1.29, 1.82) is 0 Å². The molecule has 1 N–H and O–H groups in total. The molecule has 1 saturated heterocycles. The van der Waals surface area contributed by atoms with Crippen LogP contribution < -0.4 is 5.32 Å². The molecule has 0 aliphatic carbocycles. The van der Waals surface area contributed by atoms with Gasteiger partial charge in [0.1, 0.15) is 11.6 Å². The fourth-order valence-electron chi connectivity index (χ4n) is 2.67. The third-order valence-electron chi connectivity index (χ3n) is 3.94. The van der Waals surface area contributed by atoms with E-state index in [0.717, 1.165) is 0 Å². The van der Waals surface area contributed by atoms with Crippen LogP contribution in [-0.2, 0) is 23.2 Å². The van der Waals surface area contributed by atoms with Gasteiger partial charge in [0.05, 0.1) is 13.6 Å². The summed E-state index contributed by atoms with van der Waals surface area (Å²) in [7, 11) is 1.66. The van der Waals surface area contributed by atoms with Crippen molar-refractivity contribution in [3.8, 4) is 0 Å². The van der Waals surface area contributed by atoms with Gasteiger partial charge in [0, 0.05) is 0 Å².